The average Bonchev–Trinajstić information content (AvgIpc) is 3.98. The number of nitrogens with zero attached hydrogens (tertiary/aromatic N) is 8. The summed E-state index contributed by atoms with van der Waals surface area (Å²) in [4.78, 5) is 27.8. The lowest BCUT2D eigenvalue weighted by atomic mass is 10.1. The van der Waals surface area contributed by atoms with Gasteiger partial charge in [-0.1, -0.05) is 144 Å². The molecule has 0 aliphatic carbocycles. The normalized spacial score (nSPS) is 11.9. The van der Waals surface area contributed by atoms with Gasteiger partial charge in [-0.2, -0.15) is 9.97 Å². The molecule has 13 aromatic rings. The zero-order valence-corrected chi connectivity index (χ0v) is 37.4. The van der Waals surface area contributed by atoms with Crippen molar-refractivity contribution in [2.24, 2.45) is 0 Å². The van der Waals surface area contributed by atoms with E-state index in [1.807, 2.05) is 60.7 Å². The van der Waals surface area contributed by atoms with E-state index in [2.05, 4.69) is 163 Å². The molecule has 0 fully saturated rings. The minimum atomic E-state index is 0.454. The van der Waals surface area contributed by atoms with Gasteiger partial charge in [-0.25, -0.2) is 15.0 Å². The number of para-hydroxylation sites is 2. The molecule has 5 heterocycles. The topological polar surface area (TPSA) is 79.2 Å². The molecule has 0 aliphatic rings. The Kier molecular flexibility index (Phi) is 8.60. The standard InChI is InChI=1S/C59H42N8/c1-35-23-27-49-43(31-35)44-32-36(2)24-28-50(44)65(49)57-53(56-61-54(39-15-7-5-8-16-39)60-55(62-56)40-17-9-6-10-18-40)58(66-51-29-25-37(3)33-45(51)46-34-38(4)26-30-52(46)66)64-59(63-57)67-47-21-13-11-19-41(47)42-20-12-14-22-48(42)67/h5-34H,1-4H3. The number of rotatable bonds is 6. The molecular formula is C59H42N8. The number of aryl methyl sites for hydroxylation is 4. The van der Waals surface area contributed by atoms with Crippen LogP contribution in [0, 0.1) is 27.7 Å². The van der Waals surface area contributed by atoms with Crippen LogP contribution in [0.15, 0.2) is 182 Å². The van der Waals surface area contributed by atoms with Gasteiger partial charge < -0.3 is 0 Å². The molecule has 5 aromatic heterocycles. The molecule has 8 heteroatoms. The number of benzene rings is 8. The Labute approximate surface area is 386 Å². The van der Waals surface area contributed by atoms with Crippen molar-refractivity contribution in [2.45, 2.75) is 27.7 Å². The van der Waals surface area contributed by atoms with Crippen molar-refractivity contribution in [1.82, 2.24) is 38.6 Å². The number of hydrogen-bond donors (Lipinski definition) is 0. The Morgan fingerprint density at radius 3 is 1.00 bits per heavy atom. The Bertz CT molecular complexity index is 3760. The van der Waals surface area contributed by atoms with E-state index in [1.165, 1.54) is 22.3 Å². The summed E-state index contributed by atoms with van der Waals surface area (Å²) in [5, 5.41) is 6.79. The van der Waals surface area contributed by atoms with Gasteiger partial charge in [0.2, 0.25) is 5.95 Å². The highest BCUT2D eigenvalue weighted by molar-refractivity contribution is 6.13. The van der Waals surface area contributed by atoms with Crippen LogP contribution in [0.25, 0.3) is 117 Å². The van der Waals surface area contributed by atoms with E-state index in [1.54, 1.807) is 0 Å². The molecule has 0 atom stereocenters. The summed E-state index contributed by atoms with van der Waals surface area (Å²) < 4.78 is 6.82. The maximum absolute atomic E-state index is 5.84. The zero-order chi connectivity index (χ0) is 44.9. The van der Waals surface area contributed by atoms with Gasteiger partial charge in [0.1, 0.15) is 5.56 Å². The Morgan fingerprint density at radius 1 is 0.284 bits per heavy atom. The second-order valence-corrected chi connectivity index (χ2v) is 17.7. The summed E-state index contributed by atoms with van der Waals surface area (Å²) in [7, 11) is 0. The van der Waals surface area contributed by atoms with Crippen LogP contribution in [0.2, 0.25) is 0 Å². The molecule has 67 heavy (non-hydrogen) atoms. The third kappa shape index (κ3) is 6.10. The molecule has 8 nitrogen and oxygen atoms in total. The van der Waals surface area contributed by atoms with Gasteiger partial charge in [-0.05, 0) is 88.4 Å². The van der Waals surface area contributed by atoms with Crippen LogP contribution in [0.4, 0.5) is 0 Å². The van der Waals surface area contributed by atoms with Crippen LogP contribution in [0.3, 0.4) is 0 Å². The fourth-order valence-corrected chi connectivity index (χ4v) is 10.1. The molecule has 13 rings (SSSR count). The van der Waals surface area contributed by atoms with Crippen LogP contribution >= 0.6 is 0 Å². The first kappa shape index (κ1) is 38.7. The van der Waals surface area contributed by atoms with Gasteiger partial charge in [0.25, 0.3) is 0 Å². The van der Waals surface area contributed by atoms with E-state index in [-0.39, 0.29) is 0 Å². The van der Waals surface area contributed by atoms with Crippen LogP contribution in [-0.2, 0) is 0 Å². The highest BCUT2D eigenvalue weighted by Crippen LogP contribution is 2.43. The van der Waals surface area contributed by atoms with E-state index >= 15 is 0 Å². The van der Waals surface area contributed by atoms with Crippen molar-refractivity contribution < 1.29 is 0 Å². The van der Waals surface area contributed by atoms with E-state index in [0.717, 1.165) is 76.5 Å². The van der Waals surface area contributed by atoms with Crippen molar-refractivity contribution >= 4 is 65.4 Å². The van der Waals surface area contributed by atoms with Crippen LogP contribution in [0.1, 0.15) is 22.3 Å². The largest absolute Gasteiger partial charge is 0.293 e. The molecule has 0 saturated carbocycles. The summed E-state index contributed by atoms with van der Waals surface area (Å²) in [6.07, 6.45) is 0. The minimum absolute atomic E-state index is 0.454. The Balaban J connectivity index is 1.28. The van der Waals surface area contributed by atoms with Gasteiger partial charge >= 0.3 is 0 Å². The predicted molar refractivity (Wildman–Crippen MR) is 274 cm³/mol. The maximum Gasteiger partial charge on any atom is 0.238 e. The summed E-state index contributed by atoms with van der Waals surface area (Å²) >= 11 is 0. The van der Waals surface area contributed by atoms with Crippen molar-refractivity contribution in [1.29, 1.82) is 0 Å². The van der Waals surface area contributed by atoms with Crippen molar-refractivity contribution in [3.05, 3.63) is 204 Å². The van der Waals surface area contributed by atoms with Crippen LogP contribution in [-0.4, -0.2) is 38.6 Å². The van der Waals surface area contributed by atoms with Crippen molar-refractivity contribution in [3.63, 3.8) is 0 Å². The minimum Gasteiger partial charge on any atom is -0.293 e. The maximum atomic E-state index is 5.84. The molecule has 0 unspecified atom stereocenters. The second kappa shape index (κ2) is 14.9. The molecule has 0 bridgehead atoms. The predicted octanol–water partition coefficient (Wildman–Crippen LogP) is 14.2. The first-order valence-electron chi connectivity index (χ1n) is 22.7. The first-order valence-corrected chi connectivity index (χ1v) is 22.7. The van der Waals surface area contributed by atoms with E-state index in [9.17, 15) is 0 Å². The average molecular weight is 863 g/mol. The fourth-order valence-electron chi connectivity index (χ4n) is 10.1. The van der Waals surface area contributed by atoms with Gasteiger partial charge in [-0.3, -0.25) is 13.7 Å². The number of aromatic nitrogens is 8. The fraction of sp³-hybridized carbons (Fsp3) is 0.0678. The Morgan fingerprint density at radius 2 is 0.612 bits per heavy atom. The molecule has 0 aliphatic heterocycles. The second-order valence-electron chi connectivity index (χ2n) is 17.7. The van der Waals surface area contributed by atoms with Gasteiger partial charge in [0.15, 0.2) is 29.1 Å². The molecular weight excluding hydrogens is 821 g/mol. The van der Waals surface area contributed by atoms with Gasteiger partial charge in [0, 0.05) is 43.4 Å². The molecule has 0 spiro atoms. The molecule has 0 saturated heterocycles. The third-order valence-corrected chi connectivity index (χ3v) is 13.1. The smallest absolute Gasteiger partial charge is 0.238 e. The lowest BCUT2D eigenvalue weighted by Gasteiger charge is -2.20. The number of fused-ring (bicyclic) bond motifs is 9. The molecule has 8 aromatic carbocycles. The monoisotopic (exact) mass is 862 g/mol. The molecule has 0 radical (unpaired) electrons. The summed E-state index contributed by atoms with van der Waals surface area (Å²) in [6.45, 7) is 8.61. The summed E-state index contributed by atoms with van der Waals surface area (Å²) in [5.41, 5.74) is 13.2. The first-order chi connectivity index (χ1) is 32.9. The van der Waals surface area contributed by atoms with Gasteiger partial charge in [-0.15, -0.1) is 0 Å². The van der Waals surface area contributed by atoms with Crippen molar-refractivity contribution in [3.8, 4) is 51.7 Å². The Hall–Kier alpha value is -8.75. The van der Waals surface area contributed by atoms with Crippen LogP contribution in [0.5, 0.6) is 0 Å². The lowest BCUT2D eigenvalue weighted by Crippen LogP contribution is -2.14. The molecule has 318 valence electrons. The zero-order valence-electron chi connectivity index (χ0n) is 37.4. The molecule has 0 N–H and O–H groups in total. The lowest BCUT2D eigenvalue weighted by molar-refractivity contribution is 0.914. The SMILES string of the molecule is Cc1ccc2c(c1)c1cc(C)ccc1n2-c1nc(-n2c3ccccc3c3ccccc32)nc(-n2c3ccc(C)cc3c3cc(C)ccc32)c1-c1nc(-c2ccccc2)nc(-c2ccccc2)n1. The van der Waals surface area contributed by atoms with Crippen molar-refractivity contribution in [2.75, 3.05) is 0 Å². The third-order valence-electron chi connectivity index (χ3n) is 13.1. The van der Waals surface area contributed by atoms with Crippen LogP contribution < -0.4 is 0 Å². The highest BCUT2D eigenvalue weighted by atomic mass is 15.2. The van der Waals surface area contributed by atoms with E-state index in [0.29, 0.717) is 40.6 Å². The van der Waals surface area contributed by atoms with E-state index < -0.39 is 0 Å². The quantitative estimate of drug-likeness (QED) is 0.166. The summed E-state index contributed by atoms with van der Waals surface area (Å²) in [6, 6.07) is 64.1. The summed E-state index contributed by atoms with van der Waals surface area (Å²) in [5.74, 6) is 3.37. The van der Waals surface area contributed by atoms with Gasteiger partial charge in [0.05, 0.1) is 33.1 Å². The number of hydrogen-bond acceptors (Lipinski definition) is 5. The molecule has 0 amide bonds. The highest BCUT2D eigenvalue weighted by Gasteiger charge is 2.30. The van der Waals surface area contributed by atoms with E-state index in [4.69, 9.17) is 24.9 Å².